The number of aryl methyl sites for hydroxylation is 1. The Hall–Kier alpha value is -3.80. The number of aromatic nitrogens is 3. The van der Waals surface area contributed by atoms with E-state index in [2.05, 4.69) is 20.3 Å². The van der Waals surface area contributed by atoms with Crippen LogP contribution in [0, 0.1) is 6.92 Å². The first-order chi connectivity index (χ1) is 18.8. The Bertz CT molecular complexity index is 1480. The third-order valence-electron chi connectivity index (χ3n) is 6.20. The minimum atomic E-state index is -5.00. The Balaban J connectivity index is 1.95. The van der Waals surface area contributed by atoms with Crippen molar-refractivity contribution in [2.75, 3.05) is 7.05 Å². The fourth-order valence-electron chi connectivity index (χ4n) is 4.28. The van der Waals surface area contributed by atoms with Gasteiger partial charge in [0.25, 0.3) is 5.91 Å². The van der Waals surface area contributed by atoms with Crippen molar-refractivity contribution in [3.8, 4) is 11.1 Å². The topological polar surface area (TPSA) is 70.7 Å². The lowest BCUT2D eigenvalue weighted by Gasteiger charge is -2.20. The van der Waals surface area contributed by atoms with E-state index in [4.69, 9.17) is 0 Å². The summed E-state index contributed by atoms with van der Waals surface area (Å²) >= 11 is 1.33. The zero-order chi connectivity index (χ0) is 29.2. The summed E-state index contributed by atoms with van der Waals surface area (Å²) in [6, 6.07) is 10.3. The molecule has 0 fully saturated rings. The number of alkyl halides is 6. The summed E-state index contributed by atoms with van der Waals surface area (Å²) in [4.78, 5) is 25.0. The first-order valence-electron chi connectivity index (χ1n) is 12.0. The summed E-state index contributed by atoms with van der Waals surface area (Å²) < 4.78 is 81.4. The summed E-state index contributed by atoms with van der Waals surface area (Å²) in [5.41, 5.74) is -0.582. The molecule has 0 saturated carbocycles. The Labute approximate surface area is 230 Å². The lowest BCUT2D eigenvalue weighted by molar-refractivity contribution is -0.143. The Morgan fingerprint density at radius 3 is 2.20 bits per heavy atom. The molecule has 5 nitrogen and oxygen atoms in total. The molecule has 12 heteroatoms. The van der Waals surface area contributed by atoms with Crippen LogP contribution in [-0.2, 0) is 18.8 Å². The van der Waals surface area contributed by atoms with Crippen LogP contribution in [0.15, 0.2) is 66.1 Å². The van der Waals surface area contributed by atoms with Crippen molar-refractivity contribution in [2.24, 2.45) is 0 Å². The van der Waals surface area contributed by atoms with Crippen LogP contribution in [0.4, 0.5) is 26.3 Å². The molecule has 4 aromatic rings. The summed E-state index contributed by atoms with van der Waals surface area (Å²) in [5, 5.41) is 2.79. The fraction of sp³-hybridized carbons (Fsp3) is 0.250. The molecular formula is C28H24F6N4OS. The van der Waals surface area contributed by atoms with Gasteiger partial charge in [0.15, 0.2) is 5.16 Å². The highest BCUT2D eigenvalue weighted by molar-refractivity contribution is 7.99. The molecule has 0 bridgehead atoms. The number of hydrogen-bond donors (Lipinski definition) is 2. The van der Waals surface area contributed by atoms with E-state index in [0.29, 0.717) is 34.1 Å². The van der Waals surface area contributed by atoms with Gasteiger partial charge in [-0.1, -0.05) is 36.0 Å². The van der Waals surface area contributed by atoms with E-state index in [1.54, 1.807) is 30.6 Å². The van der Waals surface area contributed by atoms with Crippen LogP contribution in [0.25, 0.3) is 11.1 Å². The molecule has 40 heavy (non-hydrogen) atoms. The van der Waals surface area contributed by atoms with Crippen LogP contribution in [0.1, 0.15) is 56.2 Å². The van der Waals surface area contributed by atoms with Crippen molar-refractivity contribution in [3.63, 3.8) is 0 Å². The lowest BCUT2D eigenvalue weighted by Crippen LogP contribution is -2.22. The predicted octanol–water partition coefficient (Wildman–Crippen LogP) is 7.62. The van der Waals surface area contributed by atoms with Crippen LogP contribution >= 0.6 is 11.8 Å². The second-order valence-electron chi connectivity index (χ2n) is 9.06. The number of amides is 1. The normalized spacial score (nSPS) is 12.8. The molecule has 0 saturated heterocycles. The number of nitrogens with zero attached hydrogens (tertiary/aromatic N) is 2. The van der Waals surface area contributed by atoms with Gasteiger partial charge in [-0.05, 0) is 60.4 Å². The van der Waals surface area contributed by atoms with Gasteiger partial charge in [-0.3, -0.25) is 9.78 Å². The quantitative estimate of drug-likeness (QED) is 0.175. The Morgan fingerprint density at radius 2 is 1.65 bits per heavy atom. The van der Waals surface area contributed by atoms with Crippen molar-refractivity contribution in [1.82, 2.24) is 20.3 Å². The largest absolute Gasteiger partial charge is 0.416 e. The van der Waals surface area contributed by atoms with E-state index in [-0.39, 0.29) is 28.1 Å². The van der Waals surface area contributed by atoms with Crippen LogP contribution in [0.3, 0.4) is 0 Å². The number of halogens is 6. The third-order valence-corrected chi connectivity index (χ3v) is 7.24. The second kappa shape index (κ2) is 11.4. The van der Waals surface area contributed by atoms with Crippen molar-refractivity contribution in [3.05, 3.63) is 100 Å². The standard InChI is InChI=1S/C28H24F6N4OS/c1-15-6-4-5-7-20(15)21-14-22(16(2)40-26-36-8-9-37-26)38-23(24(21)25(39)35-3)12-17-10-18(27(29,30)31)13-19(11-17)28(32,33)34/h4-11,13-14,16H,12H2,1-3H3,(H,35,39)(H,36,37). The third kappa shape index (κ3) is 6.49. The first kappa shape index (κ1) is 29.2. The van der Waals surface area contributed by atoms with E-state index in [1.165, 1.54) is 18.8 Å². The molecule has 2 N–H and O–H groups in total. The summed E-state index contributed by atoms with van der Waals surface area (Å²) in [7, 11) is 1.39. The summed E-state index contributed by atoms with van der Waals surface area (Å²) in [5.74, 6) is -0.568. The van der Waals surface area contributed by atoms with Gasteiger partial charge in [0.05, 0.1) is 33.3 Å². The zero-order valence-corrected chi connectivity index (χ0v) is 22.4. The molecule has 2 heterocycles. The van der Waals surface area contributed by atoms with Gasteiger partial charge >= 0.3 is 12.4 Å². The Morgan fingerprint density at radius 1 is 1.00 bits per heavy atom. The molecule has 0 aliphatic carbocycles. The number of rotatable bonds is 7. The van der Waals surface area contributed by atoms with Crippen LogP contribution in [0.2, 0.25) is 0 Å². The van der Waals surface area contributed by atoms with Gasteiger partial charge in [-0.2, -0.15) is 26.3 Å². The first-order valence-corrected chi connectivity index (χ1v) is 12.9. The van der Waals surface area contributed by atoms with Crippen molar-refractivity contribution < 1.29 is 31.1 Å². The van der Waals surface area contributed by atoms with Crippen LogP contribution in [0.5, 0.6) is 0 Å². The number of imidazole rings is 1. The smallest absolute Gasteiger partial charge is 0.355 e. The molecule has 1 amide bonds. The van der Waals surface area contributed by atoms with Gasteiger partial charge in [0, 0.05) is 25.9 Å². The average molecular weight is 579 g/mol. The van der Waals surface area contributed by atoms with E-state index >= 15 is 0 Å². The highest BCUT2D eigenvalue weighted by Gasteiger charge is 2.37. The number of aromatic amines is 1. The van der Waals surface area contributed by atoms with E-state index in [0.717, 1.165) is 5.56 Å². The lowest BCUT2D eigenvalue weighted by atomic mass is 9.91. The van der Waals surface area contributed by atoms with Crippen LogP contribution in [-0.4, -0.2) is 27.9 Å². The molecule has 1 atom stereocenters. The molecule has 1 unspecified atom stereocenters. The number of carbonyl (C=O) groups excluding carboxylic acids is 1. The SMILES string of the molecule is CNC(=O)c1c(-c2ccccc2C)cc(C(C)Sc2ncc[nH]2)nc1Cc1cc(C(F)(F)F)cc(C(F)(F)F)c1. The summed E-state index contributed by atoms with van der Waals surface area (Å²) in [6.45, 7) is 3.68. The van der Waals surface area contributed by atoms with Crippen molar-refractivity contribution in [1.29, 1.82) is 0 Å². The molecule has 210 valence electrons. The number of hydrogen-bond acceptors (Lipinski definition) is 4. The number of thioether (sulfide) groups is 1. The molecule has 0 spiro atoms. The molecule has 0 radical (unpaired) electrons. The highest BCUT2D eigenvalue weighted by atomic mass is 32.2. The van der Waals surface area contributed by atoms with Gasteiger partial charge in [0.2, 0.25) is 0 Å². The molecular weight excluding hydrogens is 554 g/mol. The number of carbonyl (C=O) groups is 1. The van der Waals surface area contributed by atoms with E-state index < -0.39 is 35.8 Å². The van der Waals surface area contributed by atoms with Gasteiger partial charge < -0.3 is 10.3 Å². The number of pyridine rings is 1. The minimum absolute atomic E-state index is 0.0504. The number of H-pyrrole nitrogens is 1. The fourth-order valence-corrected chi connectivity index (χ4v) is 5.11. The second-order valence-corrected chi connectivity index (χ2v) is 10.4. The predicted molar refractivity (Wildman–Crippen MR) is 140 cm³/mol. The van der Waals surface area contributed by atoms with Crippen molar-refractivity contribution in [2.45, 2.75) is 43.0 Å². The van der Waals surface area contributed by atoms with Gasteiger partial charge in [-0.15, -0.1) is 0 Å². The summed E-state index contributed by atoms with van der Waals surface area (Å²) in [6.07, 6.45) is -7.23. The molecule has 0 aliphatic rings. The Kier molecular flexibility index (Phi) is 8.29. The number of benzene rings is 2. The van der Waals surface area contributed by atoms with E-state index in [9.17, 15) is 31.1 Å². The maximum Gasteiger partial charge on any atom is 0.416 e. The van der Waals surface area contributed by atoms with Crippen LogP contribution < -0.4 is 5.32 Å². The maximum absolute atomic E-state index is 13.6. The monoisotopic (exact) mass is 578 g/mol. The number of nitrogens with one attached hydrogen (secondary N) is 2. The minimum Gasteiger partial charge on any atom is -0.355 e. The molecule has 2 aromatic heterocycles. The highest BCUT2D eigenvalue weighted by Crippen LogP contribution is 2.39. The maximum atomic E-state index is 13.6. The van der Waals surface area contributed by atoms with Gasteiger partial charge in [0.1, 0.15) is 0 Å². The molecule has 4 rings (SSSR count). The molecule has 0 aliphatic heterocycles. The van der Waals surface area contributed by atoms with Gasteiger partial charge in [-0.25, -0.2) is 4.98 Å². The van der Waals surface area contributed by atoms with E-state index in [1.807, 2.05) is 26.0 Å². The molecule has 2 aromatic carbocycles. The zero-order valence-electron chi connectivity index (χ0n) is 21.5. The average Bonchev–Trinajstić information content (AvgIpc) is 3.40. The van der Waals surface area contributed by atoms with Crippen molar-refractivity contribution >= 4 is 17.7 Å².